The number of nitrogens with one attached hydrogen (secondary N) is 1. The van der Waals surface area contributed by atoms with Gasteiger partial charge in [-0.25, -0.2) is 8.78 Å². The molecule has 2 N–H and O–H groups in total. The number of hydrogen-bond donors (Lipinski definition) is 2. The van der Waals surface area contributed by atoms with E-state index in [2.05, 4.69) is 5.32 Å². The molecule has 3 nitrogen and oxygen atoms in total. The molecule has 0 saturated heterocycles. The van der Waals surface area contributed by atoms with Gasteiger partial charge in [-0.2, -0.15) is 5.26 Å². The summed E-state index contributed by atoms with van der Waals surface area (Å²) in [6.07, 6.45) is 2.49. The number of halogens is 2. The van der Waals surface area contributed by atoms with Gasteiger partial charge in [0, 0.05) is 11.5 Å². The van der Waals surface area contributed by atoms with Crippen molar-refractivity contribution in [1.29, 1.82) is 5.26 Å². The van der Waals surface area contributed by atoms with Crippen molar-refractivity contribution in [3.05, 3.63) is 29.3 Å². The van der Waals surface area contributed by atoms with E-state index >= 15 is 0 Å². The van der Waals surface area contributed by atoms with Crippen LogP contribution in [0.3, 0.4) is 0 Å². The van der Waals surface area contributed by atoms with Gasteiger partial charge >= 0.3 is 0 Å². The van der Waals surface area contributed by atoms with Crippen molar-refractivity contribution in [1.82, 2.24) is 0 Å². The number of aliphatic hydroxyl groups excluding tert-OH is 1. The summed E-state index contributed by atoms with van der Waals surface area (Å²) in [5.41, 5.74) is -0.630. The lowest BCUT2D eigenvalue weighted by atomic mass is 9.85. The maximum Gasteiger partial charge on any atom is 0.150 e. The summed E-state index contributed by atoms with van der Waals surface area (Å²) >= 11 is 0. The Hall–Kier alpha value is -1.67. The fourth-order valence-corrected chi connectivity index (χ4v) is 2.62. The molecule has 5 heteroatoms. The number of aliphatic hydroxyl groups is 1. The highest BCUT2D eigenvalue weighted by Gasteiger charge is 2.38. The highest BCUT2D eigenvalue weighted by Crippen LogP contribution is 2.39. The van der Waals surface area contributed by atoms with Gasteiger partial charge in [0.2, 0.25) is 0 Å². The van der Waals surface area contributed by atoms with Gasteiger partial charge in [0.25, 0.3) is 0 Å². The molecule has 0 radical (unpaired) electrons. The normalized spacial score (nSPS) is 26.2. The van der Waals surface area contributed by atoms with Crippen LogP contribution >= 0.6 is 0 Å². The van der Waals surface area contributed by atoms with Crippen LogP contribution in [0.5, 0.6) is 0 Å². The summed E-state index contributed by atoms with van der Waals surface area (Å²) in [5, 5.41) is 20.9. The molecule has 0 amide bonds. The molecule has 0 aromatic heterocycles. The van der Waals surface area contributed by atoms with Gasteiger partial charge in [-0.15, -0.1) is 0 Å². The first kappa shape index (κ1) is 13.8. The molecule has 1 fully saturated rings. The topological polar surface area (TPSA) is 56.0 Å². The van der Waals surface area contributed by atoms with Crippen molar-refractivity contribution >= 4 is 5.69 Å². The molecule has 2 atom stereocenters. The Morgan fingerprint density at radius 3 is 2.63 bits per heavy atom. The lowest BCUT2D eigenvalue weighted by molar-refractivity contribution is 0.138. The third kappa shape index (κ3) is 2.54. The summed E-state index contributed by atoms with van der Waals surface area (Å²) < 4.78 is 27.6. The van der Waals surface area contributed by atoms with E-state index < -0.39 is 11.6 Å². The predicted octanol–water partition coefficient (Wildman–Crippen LogP) is 2.80. The van der Waals surface area contributed by atoms with Gasteiger partial charge in [0.15, 0.2) is 11.6 Å². The molecule has 1 aliphatic rings. The van der Waals surface area contributed by atoms with Crippen molar-refractivity contribution in [2.45, 2.75) is 32.2 Å². The molecule has 19 heavy (non-hydrogen) atoms. The molecule has 1 aromatic rings. The molecular weight excluding hydrogens is 250 g/mol. The average molecular weight is 266 g/mol. The van der Waals surface area contributed by atoms with Gasteiger partial charge < -0.3 is 10.4 Å². The van der Waals surface area contributed by atoms with Crippen LogP contribution in [0.1, 0.15) is 31.7 Å². The Morgan fingerprint density at radius 2 is 2.11 bits per heavy atom. The van der Waals surface area contributed by atoms with E-state index in [1.807, 2.05) is 6.92 Å². The fraction of sp³-hybridized carbons (Fsp3) is 0.500. The maximum atomic E-state index is 13.8. The zero-order valence-corrected chi connectivity index (χ0v) is 10.7. The van der Waals surface area contributed by atoms with Gasteiger partial charge in [0.05, 0.1) is 18.2 Å². The van der Waals surface area contributed by atoms with E-state index in [1.165, 1.54) is 0 Å². The van der Waals surface area contributed by atoms with Crippen LogP contribution in [0.15, 0.2) is 12.1 Å². The zero-order valence-electron chi connectivity index (χ0n) is 10.7. The minimum absolute atomic E-state index is 0.0236. The molecule has 0 bridgehead atoms. The SMILES string of the molecule is C[C@]1(CO)CCC[C@@H]1Nc1c(F)cc(C#N)cc1F. The highest BCUT2D eigenvalue weighted by atomic mass is 19.1. The van der Waals surface area contributed by atoms with E-state index in [0.717, 1.165) is 31.4 Å². The molecule has 1 aliphatic carbocycles. The van der Waals surface area contributed by atoms with Crippen molar-refractivity contribution in [2.24, 2.45) is 5.41 Å². The first-order valence-corrected chi connectivity index (χ1v) is 6.27. The first-order chi connectivity index (χ1) is 9.00. The van der Waals surface area contributed by atoms with Crippen molar-refractivity contribution < 1.29 is 13.9 Å². The minimum atomic E-state index is -0.774. The third-order valence-electron chi connectivity index (χ3n) is 3.93. The van der Waals surface area contributed by atoms with Crippen LogP contribution < -0.4 is 5.32 Å². The Morgan fingerprint density at radius 1 is 1.47 bits per heavy atom. The number of benzene rings is 1. The molecular formula is C14H16F2N2O. The quantitative estimate of drug-likeness (QED) is 0.884. The second-order valence-corrected chi connectivity index (χ2v) is 5.33. The van der Waals surface area contributed by atoms with E-state index in [1.54, 1.807) is 6.07 Å². The van der Waals surface area contributed by atoms with E-state index in [9.17, 15) is 13.9 Å². The van der Waals surface area contributed by atoms with Crippen molar-refractivity contribution in [3.63, 3.8) is 0 Å². The number of nitriles is 1. The van der Waals surface area contributed by atoms with Crippen molar-refractivity contribution in [2.75, 3.05) is 11.9 Å². The lowest BCUT2D eigenvalue weighted by Crippen LogP contribution is -2.37. The van der Waals surface area contributed by atoms with E-state index in [4.69, 9.17) is 5.26 Å². The van der Waals surface area contributed by atoms with Gasteiger partial charge in [-0.1, -0.05) is 13.3 Å². The first-order valence-electron chi connectivity index (χ1n) is 6.27. The summed E-state index contributed by atoms with van der Waals surface area (Å²) in [4.78, 5) is 0. The molecule has 0 unspecified atom stereocenters. The molecule has 0 heterocycles. The maximum absolute atomic E-state index is 13.8. The monoisotopic (exact) mass is 266 g/mol. The lowest BCUT2D eigenvalue weighted by Gasteiger charge is -2.31. The van der Waals surface area contributed by atoms with Crippen LogP contribution in [0.4, 0.5) is 14.5 Å². The van der Waals surface area contributed by atoms with E-state index in [0.29, 0.717) is 0 Å². The smallest absolute Gasteiger partial charge is 0.150 e. The number of anilines is 1. The highest BCUT2D eigenvalue weighted by molar-refractivity contribution is 5.51. The molecule has 2 rings (SSSR count). The standard InChI is InChI=1S/C14H16F2N2O/c1-14(8-19)4-2-3-12(14)18-13-10(15)5-9(7-17)6-11(13)16/h5-6,12,18-19H,2-4,8H2,1H3/t12-,14+/m0/s1. The van der Waals surface area contributed by atoms with Crippen LogP contribution in [0.25, 0.3) is 0 Å². The van der Waals surface area contributed by atoms with Crippen LogP contribution in [-0.4, -0.2) is 17.8 Å². The van der Waals surface area contributed by atoms with Crippen LogP contribution in [0.2, 0.25) is 0 Å². The zero-order chi connectivity index (χ0) is 14.0. The van der Waals surface area contributed by atoms with E-state index in [-0.39, 0.29) is 29.3 Å². The predicted molar refractivity (Wildman–Crippen MR) is 67.5 cm³/mol. The number of nitrogens with zero attached hydrogens (tertiary/aromatic N) is 1. The largest absolute Gasteiger partial charge is 0.396 e. The van der Waals surface area contributed by atoms with Crippen LogP contribution in [-0.2, 0) is 0 Å². The van der Waals surface area contributed by atoms with Crippen LogP contribution in [0, 0.1) is 28.4 Å². The Balaban J connectivity index is 2.27. The Kier molecular flexibility index (Phi) is 3.72. The number of rotatable bonds is 3. The summed E-state index contributed by atoms with van der Waals surface area (Å²) in [6, 6.07) is 3.56. The molecule has 1 saturated carbocycles. The molecule has 102 valence electrons. The fourth-order valence-electron chi connectivity index (χ4n) is 2.62. The molecule has 1 aromatic carbocycles. The molecule has 0 spiro atoms. The summed E-state index contributed by atoms with van der Waals surface area (Å²) in [7, 11) is 0. The Labute approximate surface area is 110 Å². The van der Waals surface area contributed by atoms with Gasteiger partial charge in [0.1, 0.15) is 5.69 Å². The third-order valence-corrected chi connectivity index (χ3v) is 3.93. The van der Waals surface area contributed by atoms with Gasteiger partial charge in [-0.3, -0.25) is 0 Å². The summed E-state index contributed by atoms with van der Waals surface area (Å²) in [6.45, 7) is 1.88. The number of hydrogen-bond acceptors (Lipinski definition) is 3. The second kappa shape index (κ2) is 5.14. The summed E-state index contributed by atoms with van der Waals surface area (Å²) in [5.74, 6) is -1.55. The Bertz CT molecular complexity index is 504. The minimum Gasteiger partial charge on any atom is -0.396 e. The molecule has 0 aliphatic heterocycles. The van der Waals surface area contributed by atoms with Gasteiger partial charge in [-0.05, 0) is 25.0 Å². The average Bonchev–Trinajstić information content (AvgIpc) is 2.75. The van der Waals surface area contributed by atoms with Crippen molar-refractivity contribution in [3.8, 4) is 6.07 Å². The second-order valence-electron chi connectivity index (χ2n) is 5.33.